The second-order valence-electron chi connectivity index (χ2n) is 7.51. The molecule has 0 spiro atoms. The normalized spacial score (nSPS) is 18.5. The topological polar surface area (TPSA) is 52.7 Å². The Morgan fingerprint density at radius 3 is 2.12 bits per heavy atom. The molecule has 0 bridgehead atoms. The van der Waals surface area contributed by atoms with Gasteiger partial charge in [-0.1, -0.05) is 50.3 Å². The molecule has 0 saturated heterocycles. The summed E-state index contributed by atoms with van der Waals surface area (Å²) < 4.78 is 0. The number of benzene rings is 1. The summed E-state index contributed by atoms with van der Waals surface area (Å²) in [5, 5.41) is 2.72. The van der Waals surface area contributed by atoms with Crippen molar-refractivity contribution in [1.82, 2.24) is 10.2 Å². The van der Waals surface area contributed by atoms with Crippen molar-refractivity contribution < 1.29 is 9.59 Å². The van der Waals surface area contributed by atoms with Crippen LogP contribution in [0, 0.1) is 0 Å². The first-order chi connectivity index (χ1) is 12.7. The molecule has 0 radical (unpaired) electrons. The van der Waals surface area contributed by atoms with Crippen molar-refractivity contribution in [3.05, 3.63) is 30.3 Å². The maximum atomic E-state index is 13.3. The summed E-state index contributed by atoms with van der Waals surface area (Å²) in [6, 6.07) is 10.2. The molecule has 0 unspecified atom stereocenters. The summed E-state index contributed by atoms with van der Waals surface area (Å²) in [6.07, 6.45) is 9.94. The van der Waals surface area contributed by atoms with Gasteiger partial charge in [-0.15, -0.1) is 0 Å². The molecule has 0 aromatic heterocycles. The highest BCUT2D eigenvalue weighted by Crippen LogP contribution is 2.29. The summed E-state index contributed by atoms with van der Waals surface area (Å²) in [5.74, 6) is 0.0404. The van der Waals surface area contributed by atoms with Gasteiger partial charge in [0.15, 0.2) is 0 Å². The smallest absolute Gasteiger partial charge is 0.317 e. The van der Waals surface area contributed by atoms with E-state index >= 15 is 0 Å². The molecule has 2 fully saturated rings. The number of rotatable bonds is 5. The minimum absolute atomic E-state index is 0.0404. The van der Waals surface area contributed by atoms with Gasteiger partial charge in [0.1, 0.15) is 6.54 Å². The van der Waals surface area contributed by atoms with Gasteiger partial charge in [0.25, 0.3) is 0 Å². The number of carbonyl (C=O) groups excluding carboxylic acids is 2. The Balaban J connectivity index is 1.80. The molecule has 3 rings (SSSR count). The summed E-state index contributed by atoms with van der Waals surface area (Å²) in [5.41, 5.74) is 0.952. The van der Waals surface area contributed by atoms with Crippen molar-refractivity contribution in [3.63, 3.8) is 0 Å². The quantitative estimate of drug-likeness (QED) is 0.868. The number of para-hydroxylation sites is 1. The van der Waals surface area contributed by atoms with Gasteiger partial charge in [0.2, 0.25) is 5.91 Å². The molecular weight excluding hydrogens is 326 g/mol. The van der Waals surface area contributed by atoms with Gasteiger partial charge < -0.3 is 15.1 Å². The van der Waals surface area contributed by atoms with Crippen molar-refractivity contribution in [3.8, 4) is 0 Å². The fourth-order valence-corrected chi connectivity index (χ4v) is 4.43. The number of carbonyl (C=O) groups is 2. The van der Waals surface area contributed by atoms with Gasteiger partial charge >= 0.3 is 6.03 Å². The van der Waals surface area contributed by atoms with Crippen LogP contribution < -0.4 is 10.2 Å². The second kappa shape index (κ2) is 9.06. The zero-order valence-electron chi connectivity index (χ0n) is 15.8. The van der Waals surface area contributed by atoms with Crippen molar-refractivity contribution in [2.75, 3.05) is 18.5 Å². The molecule has 1 aromatic carbocycles. The third kappa shape index (κ3) is 4.37. The maximum Gasteiger partial charge on any atom is 0.317 e. The highest BCUT2D eigenvalue weighted by atomic mass is 16.2. The first kappa shape index (κ1) is 18.7. The first-order valence-electron chi connectivity index (χ1n) is 10.1. The lowest BCUT2D eigenvalue weighted by atomic mass is 9.93. The second-order valence-corrected chi connectivity index (χ2v) is 7.51. The summed E-state index contributed by atoms with van der Waals surface area (Å²) in [7, 11) is 1.64. The summed E-state index contributed by atoms with van der Waals surface area (Å²) >= 11 is 0. The van der Waals surface area contributed by atoms with E-state index in [1.54, 1.807) is 11.9 Å². The maximum absolute atomic E-state index is 13.3. The third-order valence-corrected chi connectivity index (χ3v) is 5.79. The SMILES string of the molecule is CNC(=O)N(CC(=O)N(c1ccccc1)C1CCCCC1)C1CCCC1. The molecule has 1 aromatic rings. The first-order valence-corrected chi connectivity index (χ1v) is 10.1. The van der Waals surface area contributed by atoms with Gasteiger partial charge in [-0.05, 0) is 37.8 Å². The lowest BCUT2D eigenvalue weighted by Crippen LogP contribution is -2.52. The van der Waals surface area contributed by atoms with Gasteiger partial charge in [-0.25, -0.2) is 4.79 Å². The van der Waals surface area contributed by atoms with Crippen LogP contribution in [-0.4, -0.2) is 42.5 Å². The Hall–Kier alpha value is -2.04. The molecule has 0 aliphatic heterocycles. The number of anilines is 1. The molecule has 3 amide bonds. The standard InChI is InChI=1S/C21H31N3O2/c1-22-21(26)23(17-10-8-9-11-17)16-20(25)24(18-12-4-2-5-13-18)19-14-6-3-7-15-19/h2,4-5,12-13,17,19H,3,6-11,14-16H2,1H3,(H,22,26). The van der Waals surface area contributed by atoms with Crippen molar-refractivity contribution in [2.45, 2.75) is 69.9 Å². The van der Waals surface area contributed by atoms with Crippen LogP contribution in [0.2, 0.25) is 0 Å². The highest BCUT2D eigenvalue weighted by molar-refractivity contribution is 5.97. The molecule has 0 atom stereocenters. The molecule has 0 heterocycles. The average Bonchev–Trinajstić information content (AvgIpc) is 3.22. The van der Waals surface area contributed by atoms with E-state index in [2.05, 4.69) is 5.32 Å². The van der Waals surface area contributed by atoms with E-state index in [0.29, 0.717) is 0 Å². The highest BCUT2D eigenvalue weighted by Gasteiger charge is 2.32. The van der Waals surface area contributed by atoms with Crippen LogP contribution in [0.5, 0.6) is 0 Å². The van der Waals surface area contributed by atoms with Crippen LogP contribution in [0.25, 0.3) is 0 Å². The Labute approximate surface area is 156 Å². The molecule has 1 N–H and O–H groups in total. The lowest BCUT2D eigenvalue weighted by molar-refractivity contribution is -0.120. The van der Waals surface area contributed by atoms with E-state index in [4.69, 9.17) is 0 Å². The largest absolute Gasteiger partial charge is 0.341 e. The zero-order chi connectivity index (χ0) is 18.4. The van der Waals surface area contributed by atoms with E-state index in [0.717, 1.165) is 44.2 Å². The number of amides is 3. The van der Waals surface area contributed by atoms with Crippen LogP contribution in [0.1, 0.15) is 57.8 Å². The van der Waals surface area contributed by atoms with Gasteiger partial charge in [0, 0.05) is 24.8 Å². The minimum Gasteiger partial charge on any atom is -0.341 e. The number of hydrogen-bond acceptors (Lipinski definition) is 2. The monoisotopic (exact) mass is 357 g/mol. The minimum atomic E-state index is -0.137. The van der Waals surface area contributed by atoms with E-state index in [9.17, 15) is 9.59 Å². The van der Waals surface area contributed by atoms with Crippen LogP contribution in [-0.2, 0) is 4.79 Å². The average molecular weight is 357 g/mol. The molecule has 5 heteroatoms. The van der Waals surface area contributed by atoms with Crippen molar-refractivity contribution in [2.24, 2.45) is 0 Å². The van der Waals surface area contributed by atoms with Crippen LogP contribution in [0.3, 0.4) is 0 Å². The van der Waals surface area contributed by atoms with E-state index < -0.39 is 0 Å². The van der Waals surface area contributed by atoms with Gasteiger partial charge in [0.05, 0.1) is 0 Å². The molecule has 26 heavy (non-hydrogen) atoms. The number of hydrogen-bond donors (Lipinski definition) is 1. The van der Waals surface area contributed by atoms with Crippen LogP contribution in [0.15, 0.2) is 30.3 Å². The van der Waals surface area contributed by atoms with Gasteiger partial charge in [-0.3, -0.25) is 4.79 Å². The predicted molar refractivity (Wildman–Crippen MR) is 104 cm³/mol. The van der Waals surface area contributed by atoms with E-state index in [1.807, 2.05) is 35.2 Å². The predicted octanol–water partition coefficient (Wildman–Crippen LogP) is 3.94. The molecule has 142 valence electrons. The van der Waals surface area contributed by atoms with Crippen LogP contribution >= 0.6 is 0 Å². The van der Waals surface area contributed by atoms with Crippen molar-refractivity contribution >= 4 is 17.6 Å². The number of nitrogens with one attached hydrogen (secondary N) is 1. The molecular formula is C21H31N3O2. The number of urea groups is 1. The fourth-order valence-electron chi connectivity index (χ4n) is 4.43. The van der Waals surface area contributed by atoms with Gasteiger partial charge in [-0.2, -0.15) is 0 Å². The zero-order valence-corrected chi connectivity index (χ0v) is 15.8. The van der Waals surface area contributed by atoms with E-state index in [1.165, 1.54) is 19.3 Å². The van der Waals surface area contributed by atoms with E-state index in [-0.39, 0.29) is 30.6 Å². The summed E-state index contributed by atoms with van der Waals surface area (Å²) in [6.45, 7) is 0.162. The molecule has 2 aliphatic carbocycles. The Morgan fingerprint density at radius 2 is 1.50 bits per heavy atom. The third-order valence-electron chi connectivity index (χ3n) is 5.79. The number of nitrogens with zero attached hydrogens (tertiary/aromatic N) is 2. The van der Waals surface area contributed by atoms with Crippen LogP contribution in [0.4, 0.5) is 10.5 Å². The Morgan fingerprint density at radius 1 is 0.923 bits per heavy atom. The molecule has 2 saturated carbocycles. The lowest BCUT2D eigenvalue weighted by Gasteiger charge is -2.37. The Kier molecular flexibility index (Phi) is 6.53. The van der Waals surface area contributed by atoms with Crippen molar-refractivity contribution in [1.29, 1.82) is 0 Å². The molecule has 2 aliphatic rings. The summed E-state index contributed by atoms with van der Waals surface area (Å²) in [4.78, 5) is 29.5. The Bertz CT molecular complexity index is 593. The molecule has 5 nitrogen and oxygen atoms in total. The fraction of sp³-hybridized carbons (Fsp3) is 0.619.